The molecule has 5 rings (SSSR count). The summed E-state index contributed by atoms with van der Waals surface area (Å²) in [6, 6.07) is 7.73. The monoisotopic (exact) mass is 442 g/mol. The molecular formula is C20H13ClF2N6O2. The number of nitrogens with zero attached hydrogens (tertiary/aromatic N) is 6. The third-order valence-corrected chi connectivity index (χ3v) is 4.95. The van der Waals surface area contributed by atoms with Gasteiger partial charge in [-0.25, -0.2) is 14.2 Å². The molecule has 1 aromatic carbocycles. The molecule has 0 unspecified atom stereocenters. The van der Waals surface area contributed by atoms with Gasteiger partial charge in [-0.05, 0) is 30.3 Å². The fourth-order valence-corrected chi connectivity index (χ4v) is 3.54. The Kier molecular flexibility index (Phi) is 4.72. The number of alkyl halides is 2. The zero-order valence-electron chi connectivity index (χ0n) is 15.7. The van der Waals surface area contributed by atoms with E-state index in [1.165, 1.54) is 22.9 Å². The molecule has 0 aliphatic carbocycles. The van der Waals surface area contributed by atoms with E-state index in [1.54, 1.807) is 41.4 Å². The number of halogens is 3. The van der Waals surface area contributed by atoms with Crippen LogP contribution in [0, 0.1) is 0 Å². The maximum absolute atomic E-state index is 12.9. The van der Waals surface area contributed by atoms with Crippen molar-refractivity contribution in [2.75, 3.05) is 0 Å². The van der Waals surface area contributed by atoms with Gasteiger partial charge in [0.1, 0.15) is 5.69 Å². The van der Waals surface area contributed by atoms with E-state index in [-0.39, 0.29) is 18.0 Å². The van der Waals surface area contributed by atoms with Gasteiger partial charge in [0, 0.05) is 29.0 Å². The summed E-state index contributed by atoms with van der Waals surface area (Å²) in [4.78, 5) is 8.80. The quantitative estimate of drug-likeness (QED) is 0.444. The predicted molar refractivity (Wildman–Crippen MR) is 108 cm³/mol. The fourth-order valence-electron chi connectivity index (χ4n) is 3.38. The van der Waals surface area contributed by atoms with Crippen LogP contribution < -0.4 is 4.74 Å². The van der Waals surface area contributed by atoms with Gasteiger partial charge in [-0.3, -0.25) is 4.98 Å². The van der Waals surface area contributed by atoms with Gasteiger partial charge in [0.25, 0.3) is 0 Å². The summed E-state index contributed by atoms with van der Waals surface area (Å²) in [5.41, 5.74) is 2.88. The van der Waals surface area contributed by atoms with Crippen LogP contribution in [0.3, 0.4) is 0 Å². The molecule has 0 aliphatic heterocycles. The van der Waals surface area contributed by atoms with Crippen LogP contribution in [0.15, 0.2) is 55.1 Å². The summed E-state index contributed by atoms with van der Waals surface area (Å²) in [5, 5.41) is 19.3. The first-order chi connectivity index (χ1) is 15.0. The van der Waals surface area contributed by atoms with Crippen molar-refractivity contribution in [1.29, 1.82) is 0 Å². The van der Waals surface area contributed by atoms with Crippen LogP contribution in [0.25, 0.3) is 33.5 Å². The number of aliphatic hydroxyl groups excluding tert-OH is 1. The van der Waals surface area contributed by atoms with Gasteiger partial charge in [0.2, 0.25) is 0 Å². The molecule has 8 nitrogen and oxygen atoms in total. The highest BCUT2D eigenvalue weighted by Crippen LogP contribution is 2.33. The second-order valence-electron chi connectivity index (χ2n) is 6.54. The lowest BCUT2D eigenvalue weighted by Gasteiger charge is -2.12. The van der Waals surface area contributed by atoms with E-state index in [0.29, 0.717) is 38.5 Å². The molecule has 11 heteroatoms. The van der Waals surface area contributed by atoms with E-state index in [9.17, 15) is 13.9 Å². The smallest absolute Gasteiger partial charge is 0.387 e. The van der Waals surface area contributed by atoms with E-state index in [0.717, 1.165) is 0 Å². The van der Waals surface area contributed by atoms with Gasteiger partial charge in [-0.2, -0.15) is 19.0 Å². The lowest BCUT2D eigenvalue weighted by molar-refractivity contribution is -0.0498. The Morgan fingerprint density at radius 3 is 2.84 bits per heavy atom. The predicted octanol–water partition coefficient (Wildman–Crippen LogP) is 3.88. The second kappa shape index (κ2) is 7.56. The average Bonchev–Trinajstić information content (AvgIpc) is 3.35. The van der Waals surface area contributed by atoms with Crippen LogP contribution in [-0.4, -0.2) is 41.1 Å². The highest BCUT2D eigenvalue weighted by molar-refractivity contribution is 6.30. The molecular weight excluding hydrogens is 430 g/mol. The lowest BCUT2D eigenvalue weighted by atomic mass is 10.1. The number of hydrogen-bond donors (Lipinski definition) is 1. The minimum Gasteiger partial charge on any atom is -0.433 e. The van der Waals surface area contributed by atoms with Gasteiger partial charge in [-0.1, -0.05) is 11.6 Å². The van der Waals surface area contributed by atoms with Gasteiger partial charge < -0.3 is 9.84 Å². The molecule has 0 bridgehead atoms. The lowest BCUT2D eigenvalue weighted by Crippen LogP contribution is -2.07. The first kappa shape index (κ1) is 19.3. The van der Waals surface area contributed by atoms with E-state index in [4.69, 9.17) is 11.6 Å². The SMILES string of the molecule is OCc1nn(-c2cc(Cl)ccc2OC(F)F)c2cc(-c3cnn4cccnc34)ncc12. The zero-order valence-corrected chi connectivity index (χ0v) is 16.4. The minimum atomic E-state index is -3.03. The van der Waals surface area contributed by atoms with Crippen LogP contribution in [0.5, 0.6) is 5.75 Å². The normalized spacial score (nSPS) is 11.6. The number of benzene rings is 1. The van der Waals surface area contributed by atoms with E-state index < -0.39 is 6.61 Å². The first-order valence-corrected chi connectivity index (χ1v) is 9.45. The Labute approximate surface area is 178 Å². The molecule has 156 valence electrons. The zero-order chi connectivity index (χ0) is 21.5. The van der Waals surface area contributed by atoms with Crippen molar-refractivity contribution in [3.8, 4) is 22.7 Å². The molecule has 31 heavy (non-hydrogen) atoms. The summed E-state index contributed by atoms with van der Waals surface area (Å²) in [5.74, 6) is -0.107. The van der Waals surface area contributed by atoms with Crippen molar-refractivity contribution < 1.29 is 18.6 Å². The molecule has 4 aromatic heterocycles. The van der Waals surface area contributed by atoms with Crippen molar-refractivity contribution in [2.24, 2.45) is 0 Å². The summed E-state index contributed by atoms with van der Waals surface area (Å²) >= 11 is 6.11. The van der Waals surface area contributed by atoms with Gasteiger partial charge in [0.05, 0.1) is 35.3 Å². The first-order valence-electron chi connectivity index (χ1n) is 9.07. The van der Waals surface area contributed by atoms with E-state index in [2.05, 4.69) is 24.9 Å². The molecule has 5 aromatic rings. The molecule has 0 spiro atoms. The minimum absolute atomic E-state index is 0.107. The van der Waals surface area contributed by atoms with Crippen molar-refractivity contribution in [3.63, 3.8) is 0 Å². The van der Waals surface area contributed by atoms with Crippen molar-refractivity contribution in [2.45, 2.75) is 13.2 Å². The average molecular weight is 443 g/mol. The van der Waals surface area contributed by atoms with Gasteiger partial charge in [-0.15, -0.1) is 0 Å². The number of ether oxygens (including phenoxy) is 1. The molecule has 0 saturated carbocycles. The van der Waals surface area contributed by atoms with E-state index in [1.807, 2.05) is 0 Å². The highest BCUT2D eigenvalue weighted by atomic mass is 35.5. The number of aliphatic hydroxyl groups is 1. The number of aromatic nitrogens is 6. The Balaban J connectivity index is 1.75. The highest BCUT2D eigenvalue weighted by Gasteiger charge is 2.19. The van der Waals surface area contributed by atoms with Crippen molar-refractivity contribution in [3.05, 3.63) is 65.8 Å². The van der Waals surface area contributed by atoms with Gasteiger partial charge in [0.15, 0.2) is 11.4 Å². The number of pyridine rings is 1. The molecule has 1 N–H and O–H groups in total. The molecule has 0 saturated heterocycles. The number of rotatable bonds is 5. The Morgan fingerprint density at radius 2 is 2.03 bits per heavy atom. The summed E-state index contributed by atoms with van der Waals surface area (Å²) < 4.78 is 33.6. The summed E-state index contributed by atoms with van der Waals surface area (Å²) in [6.07, 6.45) is 6.60. The van der Waals surface area contributed by atoms with Crippen LogP contribution in [0.2, 0.25) is 5.02 Å². The second-order valence-corrected chi connectivity index (χ2v) is 6.98. The Hall–Kier alpha value is -3.63. The largest absolute Gasteiger partial charge is 0.433 e. The molecule has 4 heterocycles. The summed E-state index contributed by atoms with van der Waals surface area (Å²) in [6.45, 7) is -3.39. The maximum atomic E-state index is 12.9. The third-order valence-electron chi connectivity index (χ3n) is 4.71. The third kappa shape index (κ3) is 3.35. The van der Waals surface area contributed by atoms with Crippen LogP contribution >= 0.6 is 11.6 Å². The van der Waals surface area contributed by atoms with Gasteiger partial charge >= 0.3 is 6.61 Å². The maximum Gasteiger partial charge on any atom is 0.387 e. The summed E-state index contributed by atoms with van der Waals surface area (Å²) in [7, 11) is 0. The Bertz CT molecular complexity index is 1420. The molecule has 0 amide bonds. The number of fused-ring (bicyclic) bond motifs is 2. The standard InChI is InChI=1S/C20H13ClF2N6O2/c21-11-2-3-18(31-20(22)23)17(6-11)29-16-7-14(25-8-12(16)15(10-30)27-29)13-9-26-28-5-1-4-24-19(13)28/h1-9,20,30H,10H2. The van der Waals surface area contributed by atoms with Crippen LogP contribution in [0.1, 0.15) is 5.69 Å². The van der Waals surface area contributed by atoms with E-state index >= 15 is 0 Å². The molecule has 0 radical (unpaired) electrons. The van der Waals surface area contributed by atoms with Crippen molar-refractivity contribution in [1.82, 2.24) is 29.4 Å². The Morgan fingerprint density at radius 1 is 1.16 bits per heavy atom. The van der Waals surface area contributed by atoms with Crippen LogP contribution in [-0.2, 0) is 6.61 Å². The van der Waals surface area contributed by atoms with Crippen molar-refractivity contribution >= 4 is 28.2 Å². The molecule has 0 fully saturated rings. The number of hydrogen-bond acceptors (Lipinski definition) is 6. The molecule has 0 aliphatic rings. The topological polar surface area (TPSA) is 90.4 Å². The molecule has 0 atom stereocenters. The fraction of sp³-hybridized carbons (Fsp3) is 0.100. The van der Waals surface area contributed by atoms with Crippen LogP contribution in [0.4, 0.5) is 8.78 Å².